The Kier molecular flexibility index (Phi) is 4.88. The summed E-state index contributed by atoms with van der Waals surface area (Å²) in [7, 11) is 0. The number of halogens is 2. The smallest absolute Gasteiger partial charge is 0.265 e. The summed E-state index contributed by atoms with van der Waals surface area (Å²) in [6.07, 6.45) is 4.72. The Labute approximate surface area is 119 Å². The van der Waals surface area contributed by atoms with Crippen LogP contribution in [0.3, 0.4) is 0 Å². The predicted molar refractivity (Wildman–Crippen MR) is 76.4 cm³/mol. The molecule has 0 saturated heterocycles. The highest BCUT2D eigenvalue weighted by Crippen LogP contribution is 2.29. The van der Waals surface area contributed by atoms with Crippen LogP contribution >= 0.6 is 38.9 Å². The summed E-state index contributed by atoms with van der Waals surface area (Å²) >= 11 is 10.9. The maximum absolute atomic E-state index is 12.4. The van der Waals surface area contributed by atoms with Crippen LogP contribution in [0.5, 0.6) is 0 Å². The zero-order valence-corrected chi connectivity index (χ0v) is 12.7. The van der Waals surface area contributed by atoms with Gasteiger partial charge >= 0.3 is 0 Å². The van der Waals surface area contributed by atoms with Crippen molar-refractivity contribution in [1.82, 2.24) is 4.90 Å². The molecule has 0 aromatic carbocycles. The number of nitrogens with zero attached hydrogens (tertiary/aromatic N) is 1. The molecule has 0 spiro atoms. The van der Waals surface area contributed by atoms with Crippen LogP contribution in [-0.2, 0) is 0 Å². The first kappa shape index (κ1) is 13.4. The van der Waals surface area contributed by atoms with Crippen molar-refractivity contribution in [1.29, 1.82) is 0 Å². The van der Waals surface area contributed by atoms with Crippen molar-refractivity contribution in [2.24, 2.45) is 0 Å². The van der Waals surface area contributed by atoms with Crippen LogP contribution in [0.2, 0.25) is 5.02 Å². The third kappa shape index (κ3) is 3.04. The average molecular weight is 337 g/mol. The van der Waals surface area contributed by atoms with E-state index in [4.69, 9.17) is 11.6 Å². The van der Waals surface area contributed by atoms with E-state index >= 15 is 0 Å². The SMILES string of the molecule is O=C(c1sccc1Cl)N(CCBr)C1CCCC1. The van der Waals surface area contributed by atoms with Crippen molar-refractivity contribution in [3.63, 3.8) is 0 Å². The van der Waals surface area contributed by atoms with E-state index in [0.717, 1.165) is 24.7 Å². The normalized spacial score (nSPS) is 16.4. The molecule has 1 saturated carbocycles. The Balaban J connectivity index is 2.15. The number of carbonyl (C=O) groups is 1. The van der Waals surface area contributed by atoms with Gasteiger partial charge in [-0.15, -0.1) is 11.3 Å². The molecule has 1 fully saturated rings. The van der Waals surface area contributed by atoms with Crippen LogP contribution in [0.15, 0.2) is 11.4 Å². The summed E-state index contributed by atoms with van der Waals surface area (Å²) in [5, 5.41) is 3.27. The van der Waals surface area contributed by atoms with Crippen LogP contribution in [0, 0.1) is 0 Å². The lowest BCUT2D eigenvalue weighted by Crippen LogP contribution is -2.39. The zero-order chi connectivity index (χ0) is 12.3. The zero-order valence-electron chi connectivity index (χ0n) is 9.49. The lowest BCUT2D eigenvalue weighted by molar-refractivity contribution is 0.0701. The molecule has 1 heterocycles. The van der Waals surface area contributed by atoms with E-state index in [1.165, 1.54) is 24.2 Å². The average Bonchev–Trinajstić information content (AvgIpc) is 2.95. The molecule has 94 valence electrons. The summed E-state index contributed by atoms with van der Waals surface area (Å²) in [5.41, 5.74) is 0. The standard InChI is InChI=1S/C12H15BrClNOS/c13-6-7-15(9-3-1-2-4-9)12(16)11-10(14)5-8-17-11/h5,8-9H,1-4,6-7H2. The molecule has 0 radical (unpaired) electrons. The molecule has 1 aromatic rings. The molecule has 2 nitrogen and oxygen atoms in total. The van der Waals surface area contributed by atoms with Gasteiger partial charge < -0.3 is 4.90 Å². The van der Waals surface area contributed by atoms with Gasteiger partial charge in [0, 0.05) is 17.9 Å². The predicted octanol–water partition coefficient (Wildman–Crippen LogP) is 4.18. The van der Waals surface area contributed by atoms with Crippen molar-refractivity contribution in [2.75, 3.05) is 11.9 Å². The summed E-state index contributed by atoms with van der Waals surface area (Å²) in [6.45, 7) is 0.762. The minimum atomic E-state index is 0.0938. The fraction of sp³-hybridized carbons (Fsp3) is 0.583. The summed E-state index contributed by atoms with van der Waals surface area (Å²) in [5.74, 6) is 0.0938. The molecular formula is C12H15BrClNOS. The largest absolute Gasteiger partial charge is 0.334 e. The van der Waals surface area contributed by atoms with Gasteiger partial charge in [-0.25, -0.2) is 0 Å². The molecule has 5 heteroatoms. The van der Waals surface area contributed by atoms with E-state index in [2.05, 4.69) is 15.9 Å². The van der Waals surface area contributed by atoms with Crippen molar-refractivity contribution >= 4 is 44.8 Å². The summed E-state index contributed by atoms with van der Waals surface area (Å²) in [4.78, 5) is 15.1. The van der Waals surface area contributed by atoms with E-state index in [-0.39, 0.29) is 5.91 Å². The molecule has 17 heavy (non-hydrogen) atoms. The first-order chi connectivity index (χ1) is 8.24. The third-order valence-electron chi connectivity index (χ3n) is 3.16. The maximum Gasteiger partial charge on any atom is 0.265 e. The van der Waals surface area contributed by atoms with Gasteiger partial charge in [0.1, 0.15) is 4.88 Å². The van der Waals surface area contributed by atoms with Gasteiger partial charge in [0.25, 0.3) is 5.91 Å². The highest BCUT2D eigenvalue weighted by molar-refractivity contribution is 9.09. The maximum atomic E-state index is 12.4. The second kappa shape index (κ2) is 6.21. The number of alkyl halides is 1. The first-order valence-electron chi connectivity index (χ1n) is 5.84. The number of rotatable bonds is 4. The van der Waals surface area contributed by atoms with Crippen LogP contribution < -0.4 is 0 Å². The highest BCUT2D eigenvalue weighted by atomic mass is 79.9. The second-order valence-corrected chi connectivity index (χ2v) is 6.34. The summed E-state index contributed by atoms with van der Waals surface area (Å²) in [6, 6.07) is 2.19. The Hall–Kier alpha value is -0.0600. The Bertz CT molecular complexity index is 390. The monoisotopic (exact) mass is 335 g/mol. The first-order valence-corrected chi connectivity index (χ1v) is 8.22. The molecule has 1 aliphatic carbocycles. The Morgan fingerprint density at radius 3 is 2.76 bits per heavy atom. The lowest BCUT2D eigenvalue weighted by Gasteiger charge is -2.28. The van der Waals surface area contributed by atoms with Gasteiger partial charge in [-0.05, 0) is 24.3 Å². The van der Waals surface area contributed by atoms with E-state index in [1.807, 2.05) is 10.3 Å². The van der Waals surface area contributed by atoms with E-state index < -0.39 is 0 Å². The van der Waals surface area contributed by atoms with Crippen molar-refractivity contribution < 1.29 is 4.79 Å². The van der Waals surface area contributed by atoms with Gasteiger partial charge in [-0.3, -0.25) is 4.79 Å². The fourth-order valence-electron chi connectivity index (χ4n) is 2.33. The molecule has 0 unspecified atom stereocenters. The van der Waals surface area contributed by atoms with E-state index in [1.54, 1.807) is 6.07 Å². The second-order valence-electron chi connectivity index (χ2n) is 4.22. The molecule has 0 bridgehead atoms. The topological polar surface area (TPSA) is 20.3 Å². The molecule has 1 aliphatic rings. The number of thiophene rings is 1. The summed E-state index contributed by atoms with van der Waals surface area (Å²) < 4.78 is 0. The van der Waals surface area contributed by atoms with Crippen LogP contribution in [0.25, 0.3) is 0 Å². The molecule has 0 atom stereocenters. The molecule has 1 amide bonds. The van der Waals surface area contributed by atoms with Gasteiger partial charge in [-0.2, -0.15) is 0 Å². The van der Waals surface area contributed by atoms with Crippen LogP contribution in [0.1, 0.15) is 35.4 Å². The number of hydrogen-bond donors (Lipinski definition) is 0. The van der Waals surface area contributed by atoms with Crippen molar-refractivity contribution in [2.45, 2.75) is 31.7 Å². The van der Waals surface area contributed by atoms with Gasteiger partial charge in [0.05, 0.1) is 5.02 Å². The van der Waals surface area contributed by atoms with Gasteiger partial charge in [0.2, 0.25) is 0 Å². The van der Waals surface area contributed by atoms with Gasteiger partial charge in [-0.1, -0.05) is 40.4 Å². The molecule has 0 N–H and O–H groups in total. The molecular weight excluding hydrogens is 322 g/mol. The van der Waals surface area contributed by atoms with Crippen LogP contribution in [0.4, 0.5) is 0 Å². The minimum Gasteiger partial charge on any atom is -0.334 e. The van der Waals surface area contributed by atoms with Crippen LogP contribution in [-0.4, -0.2) is 28.7 Å². The van der Waals surface area contributed by atoms with Crippen molar-refractivity contribution in [3.05, 3.63) is 21.3 Å². The van der Waals surface area contributed by atoms with E-state index in [9.17, 15) is 4.79 Å². The fourth-order valence-corrected chi connectivity index (χ4v) is 3.81. The minimum absolute atomic E-state index is 0.0938. The molecule has 2 rings (SSSR count). The Morgan fingerprint density at radius 2 is 2.24 bits per heavy atom. The Morgan fingerprint density at radius 1 is 1.53 bits per heavy atom. The van der Waals surface area contributed by atoms with Gasteiger partial charge in [0.15, 0.2) is 0 Å². The quantitative estimate of drug-likeness (QED) is 0.755. The number of carbonyl (C=O) groups excluding carboxylic acids is 1. The highest BCUT2D eigenvalue weighted by Gasteiger charge is 2.28. The number of amides is 1. The lowest BCUT2D eigenvalue weighted by atomic mass is 10.2. The molecule has 0 aliphatic heterocycles. The van der Waals surface area contributed by atoms with E-state index in [0.29, 0.717) is 15.9 Å². The van der Waals surface area contributed by atoms with Crippen molar-refractivity contribution in [3.8, 4) is 0 Å². The number of hydrogen-bond acceptors (Lipinski definition) is 2. The third-order valence-corrected chi connectivity index (χ3v) is 4.85. The molecule has 1 aromatic heterocycles.